The molecule has 4 heteroatoms. The van der Waals surface area contributed by atoms with E-state index in [-0.39, 0.29) is 5.56 Å². The number of rotatable bonds is 5. The number of carbonyl (C=O) groups is 1. The molecule has 98 valence electrons. The molecule has 0 atom stereocenters. The van der Waals surface area contributed by atoms with Gasteiger partial charge in [0.25, 0.3) is 0 Å². The van der Waals surface area contributed by atoms with Crippen molar-refractivity contribution in [2.45, 2.75) is 13.3 Å². The first-order chi connectivity index (χ1) is 9.20. The first-order valence-corrected chi connectivity index (χ1v) is 6.12. The smallest absolute Gasteiger partial charge is 0.335 e. The van der Waals surface area contributed by atoms with Crippen LogP contribution in [0.25, 0.3) is 11.1 Å². The van der Waals surface area contributed by atoms with Crippen molar-refractivity contribution in [3.63, 3.8) is 0 Å². The zero-order valence-corrected chi connectivity index (χ0v) is 10.7. The van der Waals surface area contributed by atoms with E-state index < -0.39 is 5.97 Å². The second kappa shape index (κ2) is 6.00. The lowest BCUT2D eigenvalue weighted by molar-refractivity contribution is 0.0697. The SMILES string of the molecule is CCCOc1cncc(-c2cccc(C(=O)O)c2)c1. The zero-order chi connectivity index (χ0) is 13.7. The van der Waals surface area contributed by atoms with Crippen molar-refractivity contribution < 1.29 is 14.6 Å². The molecule has 1 N–H and O–H groups in total. The highest BCUT2D eigenvalue weighted by Gasteiger charge is 2.06. The lowest BCUT2D eigenvalue weighted by atomic mass is 10.0. The summed E-state index contributed by atoms with van der Waals surface area (Å²) >= 11 is 0. The van der Waals surface area contributed by atoms with Gasteiger partial charge in [-0.05, 0) is 30.2 Å². The van der Waals surface area contributed by atoms with E-state index in [1.165, 1.54) is 0 Å². The maximum Gasteiger partial charge on any atom is 0.335 e. The van der Waals surface area contributed by atoms with Crippen LogP contribution in [0, 0.1) is 0 Å². The fourth-order valence-corrected chi connectivity index (χ4v) is 1.71. The van der Waals surface area contributed by atoms with Crippen molar-refractivity contribution in [3.05, 3.63) is 48.3 Å². The summed E-state index contributed by atoms with van der Waals surface area (Å²) in [6, 6.07) is 8.63. The largest absolute Gasteiger partial charge is 0.492 e. The molecule has 0 fully saturated rings. The molecule has 1 heterocycles. The molecule has 0 saturated carbocycles. The van der Waals surface area contributed by atoms with E-state index in [4.69, 9.17) is 9.84 Å². The quantitative estimate of drug-likeness (QED) is 0.893. The Hall–Kier alpha value is -2.36. The third-order valence-corrected chi connectivity index (χ3v) is 2.63. The highest BCUT2D eigenvalue weighted by atomic mass is 16.5. The van der Waals surface area contributed by atoms with Crippen molar-refractivity contribution in [2.24, 2.45) is 0 Å². The summed E-state index contributed by atoms with van der Waals surface area (Å²) in [7, 11) is 0. The molecule has 0 amide bonds. The number of hydrogen-bond acceptors (Lipinski definition) is 3. The van der Waals surface area contributed by atoms with E-state index in [1.54, 1.807) is 30.6 Å². The Morgan fingerprint density at radius 1 is 1.26 bits per heavy atom. The van der Waals surface area contributed by atoms with Gasteiger partial charge in [0.1, 0.15) is 5.75 Å². The van der Waals surface area contributed by atoms with Crippen LogP contribution in [0.5, 0.6) is 5.75 Å². The van der Waals surface area contributed by atoms with Crippen LogP contribution in [0.4, 0.5) is 0 Å². The number of carboxylic acid groups (broad SMARTS) is 1. The van der Waals surface area contributed by atoms with Gasteiger partial charge in [-0.25, -0.2) is 4.79 Å². The predicted molar refractivity (Wildman–Crippen MR) is 72.4 cm³/mol. The minimum Gasteiger partial charge on any atom is -0.492 e. The summed E-state index contributed by atoms with van der Waals surface area (Å²) in [5.41, 5.74) is 1.92. The van der Waals surface area contributed by atoms with Crippen LogP contribution in [0.2, 0.25) is 0 Å². The molecular formula is C15H15NO3. The second-order valence-corrected chi connectivity index (χ2v) is 4.14. The summed E-state index contributed by atoms with van der Waals surface area (Å²) in [5, 5.41) is 8.99. The summed E-state index contributed by atoms with van der Waals surface area (Å²) in [5.74, 6) is -0.242. The van der Waals surface area contributed by atoms with Crippen LogP contribution in [-0.2, 0) is 0 Å². The van der Waals surface area contributed by atoms with Gasteiger partial charge in [-0.15, -0.1) is 0 Å². The highest BCUT2D eigenvalue weighted by molar-refractivity contribution is 5.89. The number of aromatic carboxylic acids is 1. The lowest BCUT2D eigenvalue weighted by Crippen LogP contribution is -1.97. The third kappa shape index (κ3) is 3.31. The van der Waals surface area contributed by atoms with Crippen LogP contribution < -0.4 is 4.74 Å². The number of ether oxygens (including phenoxy) is 1. The molecule has 0 aliphatic heterocycles. The fraction of sp³-hybridized carbons (Fsp3) is 0.200. The second-order valence-electron chi connectivity index (χ2n) is 4.14. The number of pyridine rings is 1. The number of benzene rings is 1. The maximum atomic E-state index is 11.0. The van der Waals surface area contributed by atoms with E-state index in [9.17, 15) is 4.79 Å². The number of nitrogens with zero attached hydrogens (tertiary/aromatic N) is 1. The van der Waals surface area contributed by atoms with E-state index in [0.717, 1.165) is 17.5 Å². The summed E-state index contributed by atoms with van der Waals surface area (Å²) in [6.45, 7) is 2.67. The highest BCUT2D eigenvalue weighted by Crippen LogP contribution is 2.23. The van der Waals surface area contributed by atoms with Gasteiger partial charge < -0.3 is 9.84 Å². The van der Waals surface area contributed by atoms with E-state index in [0.29, 0.717) is 12.4 Å². The molecular weight excluding hydrogens is 242 g/mol. The molecule has 0 bridgehead atoms. The summed E-state index contributed by atoms with van der Waals surface area (Å²) in [6.07, 6.45) is 4.28. The topological polar surface area (TPSA) is 59.4 Å². The van der Waals surface area contributed by atoms with Gasteiger partial charge in [0, 0.05) is 11.8 Å². The van der Waals surface area contributed by atoms with E-state index in [1.807, 2.05) is 19.1 Å². The first kappa shape index (κ1) is 13.1. The molecule has 19 heavy (non-hydrogen) atoms. The summed E-state index contributed by atoms with van der Waals surface area (Å²) < 4.78 is 5.52. The van der Waals surface area contributed by atoms with Crippen LogP contribution in [-0.4, -0.2) is 22.7 Å². The molecule has 4 nitrogen and oxygen atoms in total. The van der Waals surface area contributed by atoms with Crippen molar-refractivity contribution in [2.75, 3.05) is 6.61 Å². The van der Waals surface area contributed by atoms with Crippen LogP contribution in [0.3, 0.4) is 0 Å². The van der Waals surface area contributed by atoms with Crippen LogP contribution in [0.15, 0.2) is 42.7 Å². The molecule has 0 saturated heterocycles. The number of carboxylic acids is 1. The van der Waals surface area contributed by atoms with Crippen molar-refractivity contribution in [1.29, 1.82) is 0 Å². The van der Waals surface area contributed by atoms with Crippen LogP contribution >= 0.6 is 0 Å². The Bertz CT molecular complexity index is 581. The van der Waals surface area contributed by atoms with Crippen LogP contribution in [0.1, 0.15) is 23.7 Å². The van der Waals surface area contributed by atoms with Gasteiger partial charge in [0.2, 0.25) is 0 Å². The maximum absolute atomic E-state index is 11.0. The molecule has 1 aromatic carbocycles. The number of hydrogen-bond donors (Lipinski definition) is 1. The van der Waals surface area contributed by atoms with Crippen molar-refractivity contribution >= 4 is 5.97 Å². The lowest BCUT2D eigenvalue weighted by Gasteiger charge is -2.07. The average Bonchev–Trinajstić information content (AvgIpc) is 2.45. The van der Waals surface area contributed by atoms with Gasteiger partial charge in [-0.1, -0.05) is 19.1 Å². The Balaban J connectivity index is 2.30. The molecule has 0 unspecified atom stereocenters. The minimum absolute atomic E-state index is 0.261. The van der Waals surface area contributed by atoms with Crippen molar-refractivity contribution in [3.8, 4) is 16.9 Å². The normalized spacial score (nSPS) is 10.2. The number of aromatic nitrogens is 1. The Morgan fingerprint density at radius 3 is 2.84 bits per heavy atom. The van der Waals surface area contributed by atoms with Gasteiger partial charge in [0.15, 0.2) is 0 Å². The molecule has 0 spiro atoms. The summed E-state index contributed by atoms with van der Waals surface area (Å²) in [4.78, 5) is 15.1. The van der Waals surface area contributed by atoms with Gasteiger partial charge in [-0.3, -0.25) is 4.98 Å². The molecule has 2 rings (SSSR count). The molecule has 1 aromatic heterocycles. The van der Waals surface area contributed by atoms with Gasteiger partial charge in [-0.2, -0.15) is 0 Å². The molecule has 0 radical (unpaired) electrons. The first-order valence-electron chi connectivity index (χ1n) is 6.12. The predicted octanol–water partition coefficient (Wildman–Crippen LogP) is 3.24. The zero-order valence-electron chi connectivity index (χ0n) is 10.7. The Morgan fingerprint density at radius 2 is 2.11 bits per heavy atom. The molecule has 2 aromatic rings. The van der Waals surface area contributed by atoms with Gasteiger partial charge in [0.05, 0.1) is 18.4 Å². The Kier molecular flexibility index (Phi) is 4.13. The molecule has 0 aliphatic rings. The average molecular weight is 257 g/mol. The standard InChI is InChI=1S/C15H15NO3/c1-2-6-19-14-8-13(9-16-10-14)11-4-3-5-12(7-11)15(17)18/h3-5,7-10H,2,6H2,1H3,(H,17,18). The van der Waals surface area contributed by atoms with E-state index in [2.05, 4.69) is 4.98 Å². The minimum atomic E-state index is -0.937. The fourth-order valence-electron chi connectivity index (χ4n) is 1.71. The van der Waals surface area contributed by atoms with Crippen molar-refractivity contribution in [1.82, 2.24) is 4.98 Å². The molecule has 0 aliphatic carbocycles. The van der Waals surface area contributed by atoms with E-state index >= 15 is 0 Å². The third-order valence-electron chi connectivity index (χ3n) is 2.63. The van der Waals surface area contributed by atoms with Gasteiger partial charge >= 0.3 is 5.97 Å². The Labute approximate surface area is 111 Å². The monoisotopic (exact) mass is 257 g/mol.